The fourth-order valence-electron chi connectivity index (χ4n) is 1.60. The SMILES string of the molecule is Cc1cc(NC(=O)[C@@H](N)Cc2ccccc2)no1. The smallest absolute Gasteiger partial charge is 0.242 e. The second kappa shape index (κ2) is 5.46. The first-order chi connectivity index (χ1) is 8.65. The number of anilines is 1. The van der Waals surface area contributed by atoms with E-state index >= 15 is 0 Å². The van der Waals surface area contributed by atoms with Crippen LogP contribution >= 0.6 is 0 Å². The summed E-state index contributed by atoms with van der Waals surface area (Å²) in [5.74, 6) is 0.759. The molecule has 18 heavy (non-hydrogen) atoms. The molecule has 0 aliphatic rings. The monoisotopic (exact) mass is 245 g/mol. The number of rotatable bonds is 4. The van der Waals surface area contributed by atoms with E-state index in [1.807, 2.05) is 30.3 Å². The van der Waals surface area contributed by atoms with E-state index in [1.165, 1.54) is 0 Å². The van der Waals surface area contributed by atoms with Gasteiger partial charge in [-0.1, -0.05) is 35.5 Å². The van der Waals surface area contributed by atoms with Gasteiger partial charge in [-0.15, -0.1) is 0 Å². The summed E-state index contributed by atoms with van der Waals surface area (Å²) < 4.78 is 4.86. The van der Waals surface area contributed by atoms with Crippen LogP contribution in [0.25, 0.3) is 0 Å². The number of carbonyl (C=O) groups excluding carboxylic acids is 1. The molecule has 0 spiro atoms. The zero-order chi connectivity index (χ0) is 13.0. The summed E-state index contributed by atoms with van der Waals surface area (Å²) in [4.78, 5) is 11.8. The van der Waals surface area contributed by atoms with Crippen LogP contribution in [-0.2, 0) is 11.2 Å². The Bertz CT molecular complexity index is 522. The van der Waals surface area contributed by atoms with Crippen LogP contribution in [0.1, 0.15) is 11.3 Å². The minimum atomic E-state index is -0.607. The lowest BCUT2D eigenvalue weighted by Gasteiger charge is -2.10. The molecule has 1 aromatic heterocycles. The number of amides is 1. The van der Waals surface area contributed by atoms with Crippen molar-refractivity contribution in [3.63, 3.8) is 0 Å². The molecule has 0 fully saturated rings. The zero-order valence-corrected chi connectivity index (χ0v) is 10.1. The van der Waals surface area contributed by atoms with Crippen LogP contribution in [0.15, 0.2) is 40.9 Å². The molecule has 2 aromatic rings. The highest BCUT2D eigenvalue weighted by Gasteiger charge is 2.15. The molecule has 0 aliphatic carbocycles. The predicted octanol–water partition coefficient (Wildman–Crippen LogP) is 1.49. The fourth-order valence-corrected chi connectivity index (χ4v) is 1.60. The van der Waals surface area contributed by atoms with Gasteiger partial charge in [-0.3, -0.25) is 4.79 Å². The topological polar surface area (TPSA) is 81.2 Å². The number of aryl methyl sites for hydroxylation is 1. The minimum Gasteiger partial charge on any atom is -0.360 e. The second-order valence-electron chi connectivity index (χ2n) is 4.11. The van der Waals surface area contributed by atoms with Crippen molar-refractivity contribution in [3.05, 3.63) is 47.7 Å². The number of hydrogen-bond acceptors (Lipinski definition) is 4. The summed E-state index contributed by atoms with van der Waals surface area (Å²) in [7, 11) is 0. The highest BCUT2D eigenvalue weighted by Crippen LogP contribution is 2.08. The third-order valence-corrected chi connectivity index (χ3v) is 2.51. The molecule has 1 heterocycles. The van der Waals surface area contributed by atoms with Gasteiger partial charge < -0.3 is 15.6 Å². The van der Waals surface area contributed by atoms with E-state index < -0.39 is 6.04 Å². The van der Waals surface area contributed by atoms with Crippen LogP contribution in [0.4, 0.5) is 5.82 Å². The Morgan fingerprint density at radius 2 is 2.17 bits per heavy atom. The van der Waals surface area contributed by atoms with Crippen molar-refractivity contribution < 1.29 is 9.32 Å². The largest absolute Gasteiger partial charge is 0.360 e. The van der Waals surface area contributed by atoms with Crippen LogP contribution < -0.4 is 11.1 Å². The van der Waals surface area contributed by atoms with E-state index in [1.54, 1.807) is 13.0 Å². The van der Waals surface area contributed by atoms with Gasteiger partial charge in [-0.05, 0) is 18.9 Å². The van der Waals surface area contributed by atoms with Crippen LogP contribution in [0.2, 0.25) is 0 Å². The standard InChI is InChI=1S/C13H15N3O2/c1-9-7-12(16-18-9)15-13(17)11(14)8-10-5-3-2-4-6-10/h2-7,11H,8,14H2,1H3,(H,15,16,17)/t11-/m0/s1. The van der Waals surface area contributed by atoms with Crippen LogP contribution in [0.3, 0.4) is 0 Å². The van der Waals surface area contributed by atoms with Crippen LogP contribution in [0.5, 0.6) is 0 Å². The average molecular weight is 245 g/mol. The zero-order valence-electron chi connectivity index (χ0n) is 10.1. The quantitative estimate of drug-likeness (QED) is 0.855. The van der Waals surface area contributed by atoms with E-state index in [0.29, 0.717) is 18.0 Å². The molecule has 0 bridgehead atoms. The molecule has 0 unspecified atom stereocenters. The first-order valence-electron chi connectivity index (χ1n) is 5.69. The van der Waals surface area contributed by atoms with E-state index in [2.05, 4.69) is 10.5 Å². The number of nitrogens with two attached hydrogens (primary N) is 1. The Morgan fingerprint density at radius 1 is 1.44 bits per heavy atom. The van der Waals surface area contributed by atoms with Gasteiger partial charge in [0, 0.05) is 6.07 Å². The van der Waals surface area contributed by atoms with E-state index in [0.717, 1.165) is 5.56 Å². The third-order valence-electron chi connectivity index (χ3n) is 2.51. The van der Waals surface area contributed by atoms with Crippen molar-refractivity contribution in [2.24, 2.45) is 5.73 Å². The van der Waals surface area contributed by atoms with Gasteiger partial charge in [-0.2, -0.15) is 0 Å². The Balaban J connectivity index is 1.93. The number of aromatic nitrogens is 1. The normalized spacial score (nSPS) is 12.1. The minimum absolute atomic E-state index is 0.271. The van der Waals surface area contributed by atoms with Gasteiger partial charge in [-0.25, -0.2) is 0 Å². The first kappa shape index (κ1) is 12.3. The lowest BCUT2D eigenvalue weighted by atomic mass is 10.1. The molecule has 3 N–H and O–H groups in total. The van der Waals surface area contributed by atoms with Gasteiger partial charge >= 0.3 is 0 Å². The van der Waals surface area contributed by atoms with Crippen molar-refractivity contribution in [3.8, 4) is 0 Å². The maximum atomic E-state index is 11.8. The third kappa shape index (κ3) is 3.18. The van der Waals surface area contributed by atoms with Crippen molar-refractivity contribution in [2.75, 3.05) is 5.32 Å². The van der Waals surface area contributed by atoms with Crippen LogP contribution in [-0.4, -0.2) is 17.1 Å². The number of nitrogens with zero attached hydrogens (tertiary/aromatic N) is 1. The van der Waals surface area contributed by atoms with E-state index in [4.69, 9.17) is 10.3 Å². The van der Waals surface area contributed by atoms with Crippen molar-refractivity contribution in [1.82, 2.24) is 5.16 Å². The number of benzene rings is 1. The summed E-state index contributed by atoms with van der Waals surface area (Å²) >= 11 is 0. The molecule has 2 rings (SSSR count). The molecule has 94 valence electrons. The van der Waals surface area contributed by atoms with Gasteiger partial charge in [0.15, 0.2) is 5.82 Å². The molecule has 0 saturated carbocycles. The number of carbonyl (C=O) groups is 1. The number of hydrogen-bond donors (Lipinski definition) is 2. The maximum absolute atomic E-state index is 11.8. The summed E-state index contributed by atoms with van der Waals surface area (Å²) in [5, 5.41) is 6.30. The molecule has 5 heteroatoms. The highest BCUT2D eigenvalue weighted by atomic mass is 16.5. The fraction of sp³-hybridized carbons (Fsp3) is 0.231. The van der Waals surface area contributed by atoms with Gasteiger partial charge in [0.2, 0.25) is 5.91 Å². The molecular formula is C13H15N3O2. The first-order valence-corrected chi connectivity index (χ1v) is 5.69. The molecular weight excluding hydrogens is 230 g/mol. The van der Waals surface area contributed by atoms with E-state index in [-0.39, 0.29) is 5.91 Å². The maximum Gasteiger partial charge on any atom is 0.242 e. The lowest BCUT2D eigenvalue weighted by molar-refractivity contribution is -0.117. The second-order valence-corrected chi connectivity index (χ2v) is 4.11. The average Bonchev–Trinajstić information content (AvgIpc) is 2.76. The van der Waals surface area contributed by atoms with Gasteiger partial charge in [0.1, 0.15) is 5.76 Å². The molecule has 0 saturated heterocycles. The summed E-state index contributed by atoms with van der Waals surface area (Å²) in [5.41, 5.74) is 6.86. The van der Waals surface area contributed by atoms with Crippen molar-refractivity contribution in [1.29, 1.82) is 0 Å². The molecule has 1 amide bonds. The molecule has 1 aromatic carbocycles. The molecule has 0 radical (unpaired) electrons. The van der Waals surface area contributed by atoms with Gasteiger partial charge in [0.25, 0.3) is 0 Å². The molecule has 1 atom stereocenters. The highest BCUT2D eigenvalue weighted by molar-refractivity contribution is 5.94. The van der Waals surface area contributed by atoms with Gasteiger partial charge in [0.05, 0.1) is 6.04 Å². The Kier molecular flexibility index (Phi) is 3.74. The molecule has 5 nitrogen and oxygen atoms in total. The Hall–Kier alpha value is -2.14. The molecule has 0 aliphatic heterocycles. The summed E-state index contributed by atoms with van der Waals surface area (Å²) in [6, 6.07) is 10.7. The van der Waals surface area contributed by atoms with Crippen LogP contribution in [0, 0.1) is 6.92 Å². The van der Waals surface area contributed by atoms with E-state index in [9.17, 15) is 4.79 Å². The van der Waals surface area contributed by atoms with Crippen molar-refractivity contribution >= 4 is 11.7 Å². The number of nitrogens with one attached hydrogen (secondary N) is 1. The Morgan fingerprint density at radius 3 is 2.78 bits per heavy atom. The predicted molar refractivity (Wildman–Crippen MR) is 68.0 cm³/mol. The Labute approximate surface area is 105 Å². The van der Waals surface area contributed by atoms with Crippen molar-refractivity contribution in [2.45, 2.75) is 19.4 Å². The summed E-state index contributed by atoms with van der Waals surface area (Å²) in [6.07, 6.45) is 0.490. The lowest BCUT2D eigenvalue weighted by Crippen LogP contribution is -2.37. The summed E-state index contributed by atoms with van der Waals surface area (Å²) in [6.45, 7) is 1.76.